The van der Waals surface area contributed by atoms with E-state index in [1.807, 2.05) is 39.0 Å². The molecule has 0 saturated carbocycles. The molecule has 3 rings (SSSR count). The molecule has 0 unspecified atom stereocenters. The number of aryl methyl sites for hydroxylation is 1. The molecule has 0 bridgehead atoms. The maximum Gasteiger partial charge on any atom is 0.194 e. The summed E-state index contributed by atoms with van der Waals surface area (Å²) in [5.74, 6) is 1.82. The Hall–Kier alpha value is -2.67. The van der Waals surface area contributed by atoms with Gasteiger partial charge in [-0.05, 0) is 31.5 Å². The third-order valence-electron chi connectivity index (χ3n) is 4.41. The van der Waals surface area contributed by atoms with Gasteiger partial charge in [0.1, 0.15) is 5.82 Å². The molecule has 148 valence electrons. The molecule has 0 aliphatic carbocycles. The van der Waals surface area contributed by atoms with Gasteiger partial charge in [0.15, 0.2) is 5.96 Å². The molecule has 0 atom stereocenters. The van der Waals surface area contributed by atoms with E-state index in [9.17, 15) is 0 Å². The Kier molecular flexibility index (Phi) is 6.46. The van der Waals surface area contributed by atoms with Gasteiger partial charge in [-0.2, -0.15) is 0 Å². The van der Waals surface area contributed by atoms with Crippen LogP contribution in [-0.2, 0) is 13.1 Å². The highest BCUT2D eigenvalue weighted by Crippen LogP contribution is 2.23. The monoisotopic (exact) mass is 396 g/mol. The second-order valence-corrected chi connectivity index (χ2v) is 8.00. The van der Waals surface area contributed by atoms with Crippen LogP contribution in [0.25, 0.3) is 10.9 Å². The first-order chi connectivity index (χ1) is 13.5. The summed E-state index contributed by atoms with van der Waals surface area (Å²) in [5, 5.41) is 7.73. The summed E-state index contributed by atoms with van der Waals surface area (Å²) in [6.45, 7) is 6.26. The van der Waals surface area contributed by atoms with Crippen molar-refractivity contribution in [3.05, 3.63) is 52.0 Å². The molecule has 6 nitrogen and oxygen atoms in total. The molecule has 0 radical (unpaired) electrons. The molecular formula is C21H28N6S. The molecule has 0 fully saturated rings. The van der Waals surface area contributed by atoms with Gasteiger partial charge in [-0.3, -0.25) is 0 Å². The average Bonchev–Trinajstić information content (AvgIpc) is 3.09. The third kappa shape index (κ3) is 4.78. The maximum absolute atomic E-state index is 4.90. The normalized spacial score (nSPS) is 11.7. The maximum atomic E-state index is 4.90. The summed E-state index contributed by atoms with van der Waals surface area (Å²) in [5.41, 5.74) is 3.23. The lowest BCUT2D eigenvalue weighted by Gasteiger charge is -2.21. The fourth-order valence-corrected chi connectivity index (χ4v) is 3.62. The van der Waals surface area contributed by atoms with Crippen molar-refractivity contribution >= 4 is 34.0 Å². The number of thiazole rings is 1. The fourth-order valence-electron chi connectivity index (χ4n) is 3.02. The number of aromatic nitrogens is 2. The Labute approximate surface area is 170 Å². The molecule has 28 heavy (non-hydrogen) atoms. The standard InChI is InChI=1S/C21H28N6S/c1-6-22-21(27(5)13-17-14-28-15(2)24-17)23-12-16-11-20(26(3)4)25-19-10-8-7-9-18(16)19/h7-11,14H,6,12-13H2,1-5H3,(H,22,23). The van der Waals surface area contributed by atoms with Gasteiger partial charge in [0.25, 0.3) is 0 Å². The first-order valence-corrected chi connectivity index (χ1v) is 10.3. The predicted molar refractivity (Wildman–Crippen MR) is 119 cm³/mol. The lowest BCUT2D eigenvalue weighted by Crippen LogP contribution is -2.38. The molecule has 0 spiro atoms. The van der Waals surface area contributed by atoms with Gasteiger partial charge in [0.2, 0.25) is 0 Å². The average molecular weight is 397 g/mol. The number of aliphatic imine (C=N–C) groups is 1. The molecule has 1 N–H and O–H groups in total. The van der Waals surface area contributed by atoms with Crippen molar-refractivity contribution in [2.24, 2.45) is 4.99 Å². The van der Waals surface area contributed by atoms with Crippen molar-refractivity contribution in [2.75, 3.05) is 32.6 Å². The molecule has 2 heterocycles. The first-order valence-electron chi connectivity index (χ1n) is 9.44. The topological polar surface area (TPSA) is 56.7 Å². The first kappa shape index (κ1) is 20.1. The van der Waals surface area contributed by atoms with Crippen molar-refractivity contribution in [3.8, 4) is 0 Å². The zero-order chi connectivity index (χ0) is 20.1. The van der Waals surface area contributed by atoms with Gasteiger partial charge in [0, 0.05) is 38.5 Å². The fraction of sp³-hybridized carbons (Fsp3) is 0.381. The van der Waals surface area contributed by atoms with Crippen LogP contribution in [0.2, 0.25) is 0 Å². The summed E-state index contributed by atoms with van der Waals surface area (Å²) in [6, 6.07) is 10.4. The molecular weight excluding hydrogens is 368 g/mol. The van der Waals surface area contributed by atoms with E-state index < -0.39 is 0 Å². The number of pyridine rings is 1. The molecule has 1 aromatic carbocycles. The number of hydrogen-bond acceptors (Lipinski definition) is 5. The molecule has 0 saturated heterocycles. The van der Waals surface area contributed by atoms with Crippen LogP contribution in [-0.4, -0.2) is 48.5 Å². The van der Waals surface area contributed by atoms with E-state index in [-0.39, 0.29) is 0 Å². The smallest absolute Gasteiger partial charge is 0.194 e. The number of fused-ring (bicyclic) bond motifs is 1. The lowest BCUT2D eigenvalue weighted by atomic mass is 10.1. The SMILES string of the molecule is CCNC(=NCc1cc(N(C)C)nc2ccccc12)N(C)Cc1csc(C)n1. The number of nitrogens with one attached hydrogen (secondary N) is 1. The number of hydrogen-bond donors (Lipinski definition) is 1. The molecule has 0 amide bonds. The highest BCUT2D eigenvalue weighted by molar-refractivity contribution is 7.09. The van der Waals surface area contributed by atoms with E-state index in [0.717, 1.165) is 46.5 Å². The van der Waals surface area contributed by atoms with E-state index in [0.29, 0.717) is 6.54 Å². The van der Waals surface area contributed by atoms with Gasteiger partial charge in [-0.25, -0.2) is 15.0 Å². The van der Waals surface area contributed by atoms with Crippen LogP contribution in [0.1, 0.15) is 23.2 Å². The predicted octanol–water partition coefficient (Wildman–Crippen LogP) is 3.66. The van der Waals surface area contributed by atoms with Crippen LogP contribution < -0.4 is 10.2 Å². The minimum Gasteiger partial charge on any atom is -0.363 e. The second kappa shape index (κ2) is 9.01. The van der Waals surface area contributed by atoms with E-state index >= 15 is 0 Å². The minimum atomic E-state index is 0.590. The van der Waals surface area contributed by atoms with Crippen LogP contribution in [0.3, 0.4) is 0 Å². The van der Waals surface area contributed by atoms with Crippen molar-refractivity contribution in [2.45, 2.75) is 26.9 Å². The van der Waals surface area contributed by atoms with Crippen molar-refractivity contribution in [1.29, 1.82) is 0 Å². The largest absolute Gasteiger partial charge is 0.363 e. The van der Waals surface area contributed by atoms with E-state index in [4.69, 9.17) is 9.98 Å². The number of rotatable bonds is 6. The van der Waals surface area contributed by atoms with Crippen LogP contribution in [0, 0.1) is 6.92 Å². The van der Waals surface area contributed by atoms with Crippen LogP contribution in [0.5, 0.6) is 0 Å². The van der Waals surface area contributed by atoms with E-state index in [2.05, 4.69) is 51.8 Å². The summed E-state index contributed by atoms with van der Waals surface area (Å²) >= 11 is 1.68. The summed E-state index contributed by atoms with van der Waals surface area (Å²) in [4.78, 5) is 18.3. The Morgan fingerprint density at radius 1 is 1.18 bits per heavy atom. The number of guanidine groups is 1. The van der Waals surface area contributed by atoms with Gasteiger partial charge in [-0.1, -0.05) is 18.2 Å². The summed E-state index contributed by atoms with van der Waals surface area (Å²) in [6.07, 6.45) is 0. The molecule has 2 aromatic heterocycles. The van der Waals surface area contributed by atoms with E-state index in [1.54, 1.807) is 11.3 Å². The lowest BCUT2D eigenvalue weighted by molar-refractivity contribution is 0.471. The highest BCUT2D eigenvalue weighted by Gasteiger charge is 2.11. The summed E-state index contributed by atoms with van der Waals surface area (Å²) < 4.78 is 0. The zero-order valence-electron chi connectivity index (χ0n) is 17.2. The van der Waals surface area contributed by atoms with Gasteiger partial charge in [-0.15, -0.1) is 11.3 Å². The van der Waals surface area contributed by atoms with Gasteiger partial charge >= 0.3 is 0 Å². The van der Waals surface area contributed by atoms with Gasteiger partial charge < -0.3 is 15.1 Å². The van der Waals surface area contributed by atoms with Crippen molar-refractivity contribution < 1.29 is 0 Å². The number of benzene rings is 1. The van der Waals surface area contributed by atoms with Crippen LogP contribution in [0.15, 0.2) is 40.7 Å². The third-order valence-corrected chi connectivity index (χ3v) is 5.23. The molecule has 3 aromatic rings. The van der Waals surface area contributed by atoms with Crippen LogP contribution in [0.4, 0.5) is 5.82 Å². The molecule has 0 aliphatic heterocycles. The summed E-state index contributed by atoms with van der Waals surface area (Å²) in [7, 11) is 6.07. The van der Waals surface area contributed by atoms with Crippen molar-refractivity contribution in [3.63, 3.8) is 0 Å². The van der Waals surface area contributed by atoms with Crippen LogP contribution >= 0.6 is 11.3 Å². The van der Waals surface area contributed by atoms with Crippen molar-refractivity contribution in [1.82, 2.24) is 20.2 Å². The second-order valence-electron chi connectivity index (χ2n) is 6.94. The quantitative estimate of drug-likeness (QED) is 0.509. The Balaban J connectivity index is 1.88. The number of nitrogens with zero attached hydrogens (tertiary/aromatic N) is 5. The Morgan fingerprint density at radius 2 is 1.96 bits per heavy atom. The number of para-hydroxylation sites is 1. The zero-order valence-corrected chi connectivity index (χ0v) is 18.0. The van der Waals surface area contributed by atoms with Gasteiger partial charge in [0.05, 0.1) is 29.3 Å². The number of anilines is 1. The highest BCUT2D eigenvalue weighted by atomic mass is 32.1. The Morgan fingerprint density at radius 3 is 2.64 bits per heavy atom. The molecule has 0 aliphatic rings. The minimum absolute atomic E-state index is 0.590. The van der Waals surface area contributed by atoms with E-state index in [1.165, 1.54) is 5.56 Å². The molecule has 7 heteroatoms. The Bertz CT molecular complexity index is 962.